The second kappa shape index (κ2) is 12.2. The van der Waals surface area contributed by atoms with Crippen molar-refractivity contribution < 1.29 is 27.8 Å². The number of ether oxygens (including phenoxy) is 1. The molecule has 246 valence electrons. The maximum atomic E-state index is 13.8. The van der Waals surface area contributed by atoms with Crippen LogP contribution in [0.1, 0.15) is 134 Å². The number of rotatable bonds is 7. The number of halogens is 3. The highest BCUT2D eigenvalue weighted by molar-refractivity contribution is 5.89. The average Bonchev–Trinajstić information content (AvgIpc) is 3.37. The molecule has 5 fully saturated rings. The smallest absolute Gasteiger partial charge is 0.417 e. The Morgan fingerprint density at radius 2 is 1.59 bits per heavy atom. The molecule has 6 heteroatoms. The van der Waals surface area contributed by atoms with E-state index in [9.17, 15) is 23.1 Å². The molecule has 0 saturated heterocycles. The molecule has 3 nitrogen and oxygen atoms in total. The summed E-state index contributed by atoms with van der Waals surface area (Å²) in [5.74, 6) is 3.10. The van der Waals surface area contributed by atoms with Gasteiger partial charge in [0.15, 0.2) is 5.60 Å². The van der Waals surface area contributed by atoms with Crippen LogP contribution < -0.4 is 0 Å². The van der Waals surface area contributed by atoms with Gasteiger partial charge in [0.1, 0.15) is 6.10 Å². The Morgan fingerprint density at radius 3 is 2.30 bits per heavy atom. The van der Waals surface area contributed by atoms with Crippen molar-refractivity contribution in [3.8, 4) is 0 Å². The Kier molecular flexibility index (Phi) is 9.00. The number of aliphatic hydroxyl groups is 1. The quantitative estimate of drug-likeness (QED) is 0.310. The predicted octanol–water partition coefficient (Wildman–Crippen LogP) is 10.2. The molecule has 1 N–H and O–H groups in total. The van der Waals surface area contributed by atoms with E-state index in [0.717, 1.165) is 51.4 Å². The van der Waals surface area contributed by atoms with Gasteiger partial charge in [-0.15, -0.1) is 0 Å². The molecule has 0 radical (unpaired) electrons. The van der Waals surface area contributed by atoms with Crippen LogP contribution in [0, 0.1) is 52.3 Å². The molecule has 10 atom stereocenters. The number of carbonyl (C=O) groups is 1. The zero-order valence-electron chi connectivity index (χ0n) is 27.2. The van der Waals surface area contributed by atoms with Gasteiger partial charge in [0.05, 0.1) is 5.56 Å². The van der Waals surface area contributed by atoms with Gasteiger partial charge < -0.3 is 9.84 Å². The molecule has 5 aliphatic rings. The number of benzene rings is 1. The summed E-state index contributed by atoms with van der Waals surface area (Å²) in [4.78, 5) is 13.1. The van der Waals surface area contributed by atoms with Gasteiger partial charge in [0, 0.05) is 0 Å². The fraction of sp³-hybridized carbons (Fsp3) is 0.816. The maximum Gasteiger partial charge on any atom is 0.417 e. The molecular weight excluding hydrogens is 561 g/mol. The lowest BCUT2D eigenvalue weighted by atomic mass is 9.43. The van der Waals surface area contributed by atoms with Crippen molar-refractivity contribution in [1.29, 1.82) is 0 Å². The van der Waals surface area contributed by atoms with E-state index in [-0.39, 0.29) is 41.7 Å². The van der Waals surface area contributed by atoms with E-state index < -0.39 is 11.8 Å². The summed E-state index contributed by atoms with van der Waals surface area (Å²) in [5.41, 5.74) is -1.70. The second-order valence-corrected chi connectivity index (χ2v) is 16.4. The lowest BCUT2D eigenvalue weighted by Gasteiger charge is -2.62. The van der Waals surface area contributed by atoms with Crippen molar-refractivity contribution in [1.82, 2.24) is 0 Å². The molecule has 0 spiro atoms. The fourth-order valence-electron chi connectivity index (χ4n) is 11.8. The van der Waals surface area contributed by atoms with Crippen LogP contribution >= 0.6 is 0 Å². The average molecular weight is 617 g/mol. The van der Waals surface area contributed by atoms with E-state index in [4.69, 9.17) is 4.74 Å². The van der Waals surface area contributed by atoms with Crippen LogP contribution in [0.2, 0.25) is 0 Å². The van der Waals surface area contributed by atoms with E-state index in [1.54, 1.807) is 0 Å². The highest BCUT2D eigenvalue weighted by atomic mass is 19.4. The van der Waals surface area contributed by atoms with Crippen LogP contribution in [0.3, 0.4) is 0 Å². The van der Waals surface area contributed by atoms with Crippen molar-refractivity contribution in [2.24, 2.45) is 52.3 Å². The van der Waals surface area contributed by atoms with Crippen LogP contribution in [-0.4, -0.2) is 29.0 Å². The number of esters is 1. The van der Waals surface area contributed by atoms with Crippen LogP contribution in [0.4, 0.5) is 13.2 Å². The zero-order chi connectivity index (χ0) is 31.3. The Balaban J connectivity index is 1.11. The first-order valence-corrected chi connectivity index (χ1v) is 17.9. The number of hydrogen-bond donors (Lipinski definition) is 1. The summed E-state index contributed by atoms with van der Waals surface area (Å²) in [6.07, 6.45) is 10.2. The number of fused-ring (bicyclic) bond motifs is 5. The third-order valence-corrected chi connectivity index (χ3v) is 14.4. The largest absolute Gasteiger partial charge is 0.458 e. The van der Waals surface area contributed by atoms with Crippen molar-refractivity contribution in [3.63, 3.8) is 0 Å². The minimum absolute atomic E-state index is 0.0249. The Bertz CT molecular complexity index is 1150. The normalized spacial score (nSPS) is 40.8. The number of carbonyl (C=O) groups excluding carboxylic acids is 1. The molecule has 6 rings (SSSR count). The third-order valence-electron chi connectivity index (χ3n) is 14.4. The molecule has 1 aromatic carbocycles. The molecule has 0 heterocycles. The minimum Gasteiger partial charge on any atom is -0.458 e. The Morgan fingerprint density at radius 1 is 0.886 bits per heavy atom. The SMILES string of the molecule is C[C@H](CC[C@H](OC(=O)c1ccccc1)C1CCCCC1)[C@H]1CC[C@H]2C3CC[C@H]4C[C@](O)(C(F)(F)F)CC[C@]4(C)[C@H]3CC[C@]12C. The van der Waals surface area contributed by atoms with E-state index in [2.05, 4.69) is 20.8 Å². The van der Waals surface area contributed by atoms with Gasteiger partial charge in [-0.1, -0.05) is 58.2 Å². The van der Waals surface area contributed by atoms with Crippen molar-refractivity contribution in [2.45, 2.75) is 141 Å². The summed E-state index contributed by atoms with van der Waals surface area (Å²) in [6, 6.07) is 9.40. The molecule has 5 saturated carbocycles. The first-order valence-electron chi connectivity index (χ1n) is 17.9. The van der Waals surface area contributed by atoms with E-state index >= 15 is 0 Å². The summed E-state index contributed by atoms with van der Waals surface area (Å²) in [6.45, 7) is 7.23. The van der Waals surface area contributed by atoms with Gasteiger partial charge >= 0.3 is 12.1 Å². The van der Waals surface area contributed by atoms with Gasteiger partial charge in [-0.05, 0) is 148 Å². The van der Waals surface area contributed by atoms with Gasteiger partial charge in [0.25, 0.3) is 0 Å². The zero-order valence-corrected chi connectivity index (χ0v) is 27.2. The highest BCUT2D eigenvalue weighted by Crippen LogP contribution is 2.69. The van der Waals surface area contributed by atoms with Crippen LogP contribution in [0.25, 0.3) is 0 Å². The number of hydrogen-bond acceptors (Lipinski definition) is 3. The van der Waals surface area contributed by atoms with Gasteiger partial charge in [0.2, 0.25) is 0 Å². The fourth-order valence-corrected chi connectivity index (χ4v) is 11.8. The van der Waals surface area contributed by atoms with Crippen LogP contribution in [0.15, 0.2) is 30.3 Å². The monoisotopic (exact) mass is 616 g/mol. The molecule has 44 heavy (non-hydrogen) atoms. The molecule has 0 aromatic heterocycles. The molecule has 5 aliphatic carbocycles. The topological polar surface area (TPSA) is 46.5 Å². The third kappa shape index (κ3) is 5.77. The number of alkyl halides is 3. The van der Waals surface area contributed by atoms with Gasteiger partial charge in [-0.2, -0.15) is 13.2 Å². The van der Waals surface area contributed by atoms with E-state index in [1.165, 1.54) is 32.1 Å². The van der Waals surface area contributed by atoms with Gasteiger partial charge in [-0.3, -0.25) is 0 Å². The predicted molar refractivity (Wildman–Crippen MR) is 167 cm³/mol. The lowest BCUT2D eigenvalue weighted by molar-refractivity contribution is -0.290. The summed E-state index contributed by atoms with van der Waals surface area (Å²) in [7, 11) is 0. The van der Waals surface area contributed by atoms with Crippen molar-refractivity contribution in [3.05, 3.63) is 35.9 Å². The second-order valence-electron chi connectivity index (χ2n) is 16.4. The molecule has 0 aliphatic heterocycles. The minimum atomic E-state index is -4.54. The Labute approximate surface area is 263 Å². The van der Waals surface area contributed by atoms with E-state index in [1.807, 2.05) is 30.3 Å². The molecule has 0 amide bonds. The first-order chi connectivity index (χ1) is 20.9. The highest BCUT2D eigenvalue weighted by Gasteiger charge is 2.65. The summed E-state index contributed by atoms with van der Waals surface area (Å²) < 4.78 is 47.6. The molecular formula is C38H55F3O3. The lowest BCUT2D eigenvalue weighted by Crippen LogP contribution is -2.59. The first kappa shape index (κ1) is 32.4. The molecule has 1 aromatic rings. The summed E-state index contributed by atoms with van der Waals surface area (Å²) >= 11 is 0. The molecule has 0 bridgehead atoms. The van der Waals surface area contributed by atoms with E-state index in [0.29, 0.717) is 47.5 Å². The standard InChI is InChI=1S/C38H55F3O3/c1-25(14-19-33(26-10-6-4-7-11-26)44-34(42)27-12-8-5-9-13-27)30-17-18-31-29-16-15-28-24-37(43,38(39,40)41)23-22-35(28,2)32(29)20-21-36(30,31)3/h5,8-9,12-13,25-26,28-33,43H,4,6-7,10-11,14-24H2,1-3H3/t25-,28+,29?,30-,31+,32+,33+,35+,36-,37+/m1/s1. The van der Waals surface area contributed by atoms with Crippen molar-refractivity contribution >= 4 is 5.97 Å². The van der Waals surface area contributed by atoms with Gasteiger partial charge in [-0.25, -0.2) is 4.79 Å². The Hall–Kier alpha value is -1.56. The van der Waals surface area contributed by atoms with Crippen LogP contribution in [0.5, 0.6) is 0 Å². The molecule has 1 unspecified atom stereocenters. The van der Waals surface area contributed by atoms with Crippen LogP contribution in [-0.2, 0) is 4.74 Å². The van der Waals surface area contributed by atoms with Crippen molar-refractivity contribution in [2.75, 3.05) is 0 Å². The summed E-state index contributed by atoms with van der Waals surface area (Å²) in [5, 5.41) is 10.6. The maximum absolute atomic E-state index is 13.8.